The smallest absolute Gasteiger partial charge is 0.305 e. The Balaban J connectivity index is 1.45. The second-order valence-corrected chi connectivity index (χ2v) is 8.67. The highest BCUT2D eigenvalue weighted by atomic mass is 16.5. The fourth-order valence-corrected chi connectivity index (χ4v) is 4.58. The molecule has 2 aliphatic heterocycles. The van der Waals surface area contributed by atoms with Gasteiger partial charge in [0.15, 0.2) is 0 Å². The van der Waals surface area contributed by atoms with Gasteiger partial charge in [0.1, 0.15) is 0 Å². The fourth-order valence-electron chi connectivity index (χ4n) is 4.58. The molecule has 2 aliphatic rings. The third kappa shape index (κ3) is 4.61. The molecule has 2 heterocycles. The third-order valence-corrected chi connectivity index (χ3v) is 6.29. The van der Waals surface area contributed by atoms with Crippen LogP contribution < -0.4 is 10.6 Å². The van der Waals surface area contributed by atoms with Gasteiger partial charge in [-0.15, -0.1) is 0 Å². The van der Waals surface area contributed by atoms with Crippen molar-refractivity contribution in [3.8, 4) is 0 Å². The van der Waals surface area contributed by atoms with E-state index in [1.807, 2.05) is 54.6 Å². The molecule has 0 saturated carbocycles. The fraction of sp³-hybridized carbons (Fsp3) is 0.172. The summed E-state index contributed by atoms with van der Waals surface area (Å²) in [6.07, 6.45) is 0.458. The lowest BCUT2D eigenvalue weighted by Crippen LogP contribution is -2.31. The lowest BCUT2D eigenvalue weighted by Gasteiger charge is -2.15. The highest BCUT2D eigenvalue weighted by Gasteiger charge is 2.35. The number of carbonyl (C=O) groups is 4. The largest absolute Gasteiger partial charge is 0.466 e. The average molecular weight is 496 g/mol. The summed E-state index contributed by atoms with van der Waals surface area (Å²) in [5, 5.41) is 6.24. The molecular weight excluding hydrogens is 470 g/mol. The first-order chi connectivity index (χ1) is 18.0. The number of rotatable bonds is 8. The Hall–Kier alpha value is -4.72. The van der Waals surface area contributed by atoms with Crippen molar-refractivity contribution < 1.29 is 23.9 Å². The minimum atomic E-state index is -0.412. The van der Waals surface area contributed by atoms with Gasteiger partial charge in [0.25, 0.3) is 17.7 Å². The molecule has 8 heteroatoms. The molecule has 37 heavy (non-hydrogen) atoms. The minimum absolute atomic E-state index is 0.129. The van der Waals surface area contributed by atoms with E-state index in [1.54, 1.807) is 25.1 Å². The van der Waals surface area contributed by atoms with E-state index in [0.717, 1.165) is 21.7 Å². The van der Waals surface area contributed by atoms with E-state index in [4.69, 9.17) is 4.74 Å². The number of imide groups is 1. The number of anilines is 2. The molecule has 3 amide bonds. The summed E-state index contributed by atoms with van der Waals surface area (Å²) in [5.41, 5.74) is 4.54. The maximum Gasteiger partial charge on any atom is 0.305 e. The number of hydrogen-bond donors (Lipinski definition) is 2. The number of hydrogen-bond acceptors (Lipinski definition) is 6. The summed E-state index contributed by atoms with van der Waals surface area (Å²) in [7, 11) is 0. The van der Waals surface area contributed by atoms with Crippen LogP contribution in [0.4, 0.5) is 11.4 Å². The Labute approximate surface area is 213 Å². The molecule has 8 nitrogen and oxygen atoms in total. The van der Waals surface area contributed by atoms with Gasteiger partial charge >= 0.3 is 5.97 Å². The van der Waals surface area contributed by atoms with Crippen LogP contribution in [-0.2, 0) is 14.3 Å². The SMILES string of the molecule is CCOC(=O)CCCN1C(=O)c2ccc(N/C(=C3\C(=O)Nc4ccccc43)c3ccccc3)cc2C1=O. The second-order valence-electron chi connectivity index (χ2n) is 8.67. The zero-order valence-corrected chi connectivity index (χ0v) is 20.2. The van der Waals surface area contributed by atoms with E-state index in [-0.39, 0.29) is 42.9 Å². The maximum atomic E-state index is 13.1. The van der Waals surface area contributed by atoms with E-state index in [0.29, 0.717) is 28.9 Å². The van der Waals surface area contributed by atoms with E-state index in [1.165, 1.54) is 0 Å². The topological polar surface area (TPSA) is 105 Å². The van der Waals surface area contributed by atoms with Crippen molar-refractivity contribution in [2.24, 2.45) is 0 Å². The lowest BCUT2D eigenvalue weighted by atomic mass is 9.99. The predicted octanol–water partition coefficient (Wildman–Crippen LogP) is 4.56. The first-order valence-corrected chi connectivity index (χ1v) is 12.1. The maximum absolute atomic E-state index is 13.1. The molecule has 0 unspecified atom stereocenters. The quantitative estimate of drug-likeness (QED) is 0.270. The van der Waals surface area contributed by atoms with Gasteiger partial charge in [0.05, 0.1) is 29.0 Å². The van der Waals surface area contributed by atoms with E-state index in [9.17, 15) is 19.2 Å². The van der Waals surface area contributed by atoms with Gasteiger partial charge in [-0.2, -0.15) is 0 Å². The standard InChI is InChI=1S/C29H25N3O5/c1-2-37-24(33)13-8-16-32-28(35)20-15-14-19(17-22(20)29(32)36)30-26(18-9-4-3-5-10-18)25-21-11-6-7-12-23(21)31-27(25)34/h3-7,9-12,14-15,17,30H,2,8,13,16H2,1H3,(H,31,34)/b26-25-. The number of esters is 1. The van der Waals surface area contributed by atoms with Crippen molar-refractivity contribution in [3.05, 3.63) is 95.1 Å². The van der Waals surface area contributed by atoms with Crippen molar-refractivity contribution in [1.29, 1.82) is 0 Å². The van der Waals surface area contributed by atoms with Gasteiger partial charge in [-0.3, -0.25) is 24.1 Å². The first kappa shape index (κ1) is 24.0. The van der Waals surface area contributed by atoms with Crippen LogP contribution in [-0.4, -0.2) is 41.7 Å². The number of carbonyl (C=O) groups excluding carboxylic acids is 4. The third-order valence-electron chi connectivity index (χ3n) is 6.29. The lowest BCUT2D eigenvalue weighted by molar-refractivity contribution is -0.143. The summed E-state index contributed by atoms with van der Waals surface area (Å²) in [4.78, 5) is 51.7. The van der Waals surface area contributed by atoms with Crippen LogP contribution in [0.2, 0.25) is 0 Å². The summed E-state index contributed by atoms with van der Waals surface area (Å²) >= 11 is 0. The van der Waals surface area contributed by atoms with Crippen LogP contribution in [0, 0.1) is 0 Å². The molecule has 0 fully saturated rings. The molecule has 0 radical (unpaired) electrons. The Bertz CT molecular complexity index is 1440. The number of nitrogens with zero attached hydrogens (tertiary/aromatic N) is 1. The minimum Gasteiger partial charge on any atom is -0.466 e. The van der Waals surface area contributed by atoms with Gasteiger partial charge in [-0.1, -0.05) is 48.5 Å². The van der Waals surface area contributed by atoms with Crippen LogP contribution in [0.25, 0.3) is 11.3 Å². The number of para-hydroxylation sites is 1. The van der Waals surface area contributed by atoms with Gasteiger partial charge in [-0.25, -0.2) is 0 Å². The molecule has 5 rings (SSSR count). The van der Waals surface area contributed by atoms with E-state index >= 15 is 0 Å². The van der Waals surface area contributed by atoms with Crippen LogP contribution >= 0.6 is 0 Å². The van der Waals surface area contributed by atoms with Crippen molar-refractivity contribution in [1.82, 2.24) is 4.90 Å². The Morgan fingerprint density at radius 3 is 2.41 bits per heavy atom. The highest BCUT2D eigenvalue weighted by Crippen LogP contribution is 2.37. The normalized spacial score (nSPS) is 15.3. The van der Waals surface area contributed by atoms with Gasteiger partial charge in [-0.05, 0) is 43.2 Å². The number of amides is 3. The van der Waals surface area contributed by atoms with Crippen LogP contribution in [0.3, 0.4) is 0 Å². The molecule has 0 spiro atoms. The first-order valence-electron chi connectivity index (χ1n) is 12.1. The molecule has 0 aromatic heterocycles. The molecule has 0 saturated heterocycles. The Morgan fingerprint density at radius 2 is 1.62 bits per heavy atom. The zero-order valence-electron chi connectivity index (χ0n) is 20.2. The molecular formula is C29H25N3O5. The van der Waals surface area contributed by atoms with Crippen LogP contribution in [0.5, 0.6) is 0 Å². The molecule has 3 aromatic rings. The monoisotopic (exact) mass is 495 g/mol. The van der Waals surface area contributed by atoms with Gasteiger partial charge < -0.3 is 15.4 Å². The van der Waals surface area contributed by atoms with Crippen molar-refractivity contribution in [2.45, 2.75) is 19.8 Å². The van der Waals surface area contributed by atoms with Gasteiger partial charge in [0, 0.05) is 29.9 Å². The van der Waals surface area contributed by atoms with Crippen LogP contribution in [0.15, 0.2) is 72.8 Å². The van der Waals surface area contributed by atoms with Gasteiger partial charge in [0.2, 0.25) is 0 Å². The molecule has 3 aromatic carbocycles. The number of nitrogens with one attached hydrogen (secondary N) is 2. The number of fused-ring (bicyclic) bond motifs is 2. The van der Waals surface area contributed by atoms with Crippen molar-refractivity contribution in [2.75, 3.05) is 23.8 Å². The number of benzene rings is 3. The number of ether oxygens (including phenoxy) is 1. The van der Waals surface area contributed by atoms with E-state index in [2.05, 4.69) is 10.6 Å². The molecule has 2 N–H and O–H groups in total. The summed E-state index contributed by atoms with van der Waals surface area (Å²) < 4.78 is 4.91. The second kappa shape index (κ2) is 10.1. The summed E-state index contributed by atoms with van der Waals surface area (Å²) in [5.74, 6) is -1.39. The molecule has 0 bridgehead atoms. The van der Waals surface area contributed by atoms with Crippen molar-refractivity contribution >= 4 is 46.3 Å². The molecule has 0 atom stereocenters. The van der Waals surface area contributed by atoms with E-state index < -0.39 is 5.91 Å². The van der Waals surface area contributed by atoms with Crippen molar-refractivity contribution in [3.63, 3.8) is 0 Å². The predicted molar refractivity (Wildman–Crippen MR) is 140 cm³/mol. The molecule has 186 valence electrons. The summed E-state index contributed by atoms with van der Waals surface area (Å²) in [6.45, 7) is 2.14. The summed E-state index contributed by atoms with van der Waals surface area (Å²) in [6, 6.07) is 21.9. The average Bonchev–Trinajstić information content (AvgIpc) is 3.36. The Kier molecular flexibility index (Phi) is 6.55. The zero-order chi connectivity index (χ0) is 25.9. The van der Waals surface area contributed by atoms with Crippen LogP contribution in [0.1, 0.15) is 51.6 Å². The Morgan fingerprint density at radius 1 is 0.892 bits per heavy atom. The molecule has 0 aliphatic carbocycles. The highest BCUT2D eigenvalue weighted by molar-refractivity contribution is 6.37.